The van der Waals surface area contributed by atoms with Crippen molar-refractivity contribution in [2.45, 2.75) is 17.4 Å². The van der Waals surface area contributed by atoms with Gasteiger partial charge in [0.05, 0.1) is 15.9 Å². The van der Waals surface area contributed by atoms with Crippen LogP contribution in [-0.4, -0.2) is 36.8 Å². The van der Waals surface area contributed by atoms with Crippen LogP contribution in [-0.2, 0) is 10.0 Å². The van der Waals surface area contributed by atoms with Crippen LogP contribution in [0.15, 0.2) is 34.3 Å². The Balaban J connectivity index is 2.22. The summed E-state index contributed by atoms with van der Waals surface area (Å²) >= 11 is 0. The van der Waals surface area contributed by atoms with E-state index in [-0.39, 0.29) is 29.7 Å². The second-order valence-corrected chi connectivity index (χ2v) is 6.20. The summed E-state index contributed by atoms with van der Waals surface area (Å²) in [5.41, 5.74) is 8.17. The molecule has 1 aliphatic heterocycles. The molecular weight excluding hydrogens is 286 g/mol. The van der Waals surface area contributed by atoms with Gasteiger partial charge in [0, 0.05) is 30.1 Å². The van der Waals surface area contributed by atoms with Gasteiger partial charge in [-0.15, -0.1) is 0 Å². The first-order chi connectivity index (χ1) is 9.45. The summed E-state index contributed by atoms with van der Waals surface area (Å²) in [4.78, 5) is 12.6. The predicted molar refractivity (Wildman–Crippen MR) is 69.4 cm³/mol. The Bertz CT molecular complexity index is 665. The normalized spacial score (nSPS) is 19.5. The number of nitrogens with zero attached hydrogens (tertiary/aromatic N) is 5. The molecule has 1 atom stereocenters. The van der Waals surface area contributed by atoms with Crippen LogP contribution in [0, 0.1) is 10.1 Å². The van der Waals surface area contributed by atoms with Crippen LogP contribution >= 0.6 is 0 Å². The first-order valence-electron chi connectivity index (χ1n) is 5.74. The van der Waals surface area contributed by atoms with E-state index in [4.69, 9.17) is 5.53 Å². The lowest BCUT2D eigenvalue weighted by molar-refractivity contribution is -0.384. The lowest BCUT2D eigenvalue weighted by Gasteiger charge is -2.15. The molecule has 0 N–H and O–H groups in total. The van der Waals surface area contributed by atoms with Crippen LogP contribution in [0.25, 0.3) is 10.4 Å². The Morgan fingerprint density at radius 3 is 2.60 bits per heavy atom. The third kappa shape index (κ3) is 2.72. The van der Waals surface area contributed by atoms with E-state index in [1.54, 1.807) is 0 Å². The van der Waals surface area contributed by atoms with E-state index in [1.807, 2.05) is 0 Å². The highest BCUT2D eigenvalue weighted by Gasteiger charge is 2.32. The van der Waals surface area contributed by atoms with Crippen molar-refractivity contribution in [2.24, 2.45) is 5.11 Å². The van der Waals surface area contributed by atoms with Crippen LogP contribution in [0.5, 0.6) is 0 Å². The highest BCUT2D eigenvalue weighted by molar-refractivity contribution is 7.89. The molecule has 9 nitrogen and oxygen atoms in total. The molecule has 0 spiro atoms. The zero-order valence-electron chi connectivity index (χ0n) is 10.3. The van der Waals surface area contributed by atoms with Crippen molar-refractivity contribution in [1.82, 2.24) is 4.31 Å². The van der Waals surface area contributed by atoms with E-state index in [0.29, 0.717) is 6.42 Å². The van der Waals surface area contributed by atoms with E-state index in [2.05, 4.69) is 10.0 Å². The fraction of sp³-hybridized carbons (Fsp3) is 0.400. The number of benzene rings is 1. The molecule has 0 amide bonds. The summed E-state index contributed by atoms with van der Waals surface area (Å²) < 4.78 is 25.8. The molecule has 0 aromatic heterocycles. The second kappa shape index (κ2) is 5.45. The minimum Gasteiger partial charge on any atom is -0.258 e. The first kappa shape index (κ1) is 14.3. The molecule has 2 rings (SSSR count). The molecule has 0 saturated carbocycles. The molecule has 1 aromatic rings. The van der Waals surface area contributed by atoms with E-state index in [1.165, 1.54) is 16.4 Å². The Morgan fingerprint density at radius 2 is 2.05 bits per heavy atom. The molecule has 106 valence electrons. The van der Waals surface area contributed by atoms with Crippen LogP contribution in [0.4, 0.5) is 5.69 Å². The van der Waals surface area contributed by atoms with Gasteiger partial charge in [-0.1, -0.05) is 5.11 Å². The molecule has 10 heteroatoms. The number of nitro groups is 1. The molecule has 1 aliphatic rings. The summed E-state index contributed by atoms with van der Waals surface area (Å²) in [6.07, 6.45) is 0.469. The van der Waals surface area contributed by atoms with Gasteiger partial charge in [-0.05, 0) is 24.1 Å². The number of azide groups is 1. The molecule has 1 heterocycles. The Labute approximate surface area is 114 Å². The average Bonchev–Trinajstić information content (AvgIpc) is 2.88. The lowest BCUT2D eigenvalue weighted by atomic mass is 10.3. The highest BCUT2D eigenvalue weighted by atomic mass is 32.2. The van der Waals surface area contributed by atoms with Gasteiger partial charge in [-0.25, -0.2) is 8.42 Å². The van der Waals surface area contributed by atoms with Crippen molar-refractivity contribution in [3.8, 4) is 0 Å². The number of sulfonamides is 1. The molecule has 1 aromatic carbocycles. The summed E-state index contributed by atoms with van der Waals surface area (Å²) in [5, 5.41) is 14.0. The number of rotatable bonds is 4. The summed E-state index contributed by atoms with van der Waals surface area (Å²) in [6.45, 7) is 0.395. The summed E-state index contributed by atoms with van der Waals surface area (Å²) in [6, 6.07) is 4.33. The second-order valence-electron chi connectivity index (χ2n) is 4.26. The largest absolute Gasteiger partial charge is 0.269 e. The van der Waals surface area contributed by atoms with Gasteiger partial charge < -0.3 is 0 Å². The SMILES string of the molecule is [N-]=[N+]=NC1CCN(S(=O)(=O)c2ccc([N+](=O)[O-])cc2)C1. The molecule has 0 bridgehead atoms. The van der Waals surface area contributed by atoms with E-state index < -0.39 is 14.9 Å². The lowest BCUT2D eigenvalue weighted by Crippen LogP contribution is -2.29. The van der Waals surface area contributed by atoms with Crippen molar-refractivity contribution in [2.75, 3.05) is 13.1 Å². The fourth-order valence-electron chi connectivity index (χ4n) is 1.99. The van der Waals surface area contributed by atoms with Gasteiger partial charge in [0.2, 0.25) is 10.0 Å². The topological polar surface area (TPSA) is 129 Å². The summed E-state index contributed by atoms with van der Waals surface area (Å²) in [5.74, 6) is 0. The van der Waals surface area contributed by atoms with Crippen LogP contribution in [0.1, 0.15) is 6.42 Å². The van der Waals surface area contributed by atoms with Crippen molar-refractivity contribution < 1.29 is 13.3 Å². The molecular formula is C10H11N5O4S. The third-order valence-corrected chi connectivity index (χ3v) is 4.91. The van der Waals surface area contributed by atoms with Crippen LogP contribution in [0.2, 0.25) is 0 Å². The van der Waals surface area contributed by atoms with Gasteiger partial charge >= 0.3 is 0 Å². The predicted octanol–water partition coefficient (Wildman–Crippen LogP) is 1.67. The van der Waals surface area contributed by atoms with Gasteiger partial charge in [-0.2, -0.15) is 4.31 Å². The van der Waals surface area contributed by atoms with Crippen LogP contribution in [0.3, 0.4) is 0 Å². The first-order valence-corrected chi connectivity index (χ1v) is 7.18. The zero-order valence-corrected chi connectivity index (χ0v) is 11.1. The quantitative estimate of drug-likeness (QED) is 0.275. The minimum atomic E-state index is -3.70. The third-order valence-electron chi connectivity index (χ3n) is 3.03. The molecule has 1 fully saturated rings. The number of non-ortho nitro benzene ring substituents is 1. The van der Waals surface area contributed by atoms with E-state index >= 15 is 0 Å². The van der Waals surface area contributed by atoms with Gasteiger partial charge in [0.1, 0.15) is 0 Å². The van der Waals surface area contributed by atoms with Gasteiger partial charge in [0.15, 0.2) is 0 Å². The summed E-state index contributed by atoms with van der Waals surface area (Å²) in [7, 11) is -3.70. The Morgan fingerprint density at radius 1 is 1.40 bits per heavy atom. The van der Waals surface area contributed by atoms with Crippen LogP contribution < -0.4 is 0 Å². The molecule has 0 radical (unpaired) electrons. The number of hydrogen-bond acceptors (Lipinski definition) is 5. The van der Waals surface area contributed by atoms with E-state index in [0.717, 1.165) is 12.1 Å². The number of hydrogen-bond donors (Lipinski definition) is 0. The minimum absolute atomic E-state index is 0.00955. The van der Waals surface area contributed by atoms with Crippen molar-refractivity contribution in [1.29, 1.82) is 0 Å². The molecule has 1 saturated heterocycles. The van der Waals surface area contributed by atoms with Crippen molar-refractivity contribution in [3.05, 3.63) is 44.8 Å². The maximum Gasteiger partial charge on any atom is 0.269 e. The number of nitro benzene ring substituents is 1. The zero-order chi connectivity index (χ0) is 14.8. The molecule has 20 heavy (non-hydrogen) atoms. The van der Waals surface area contributed by atoms with E-state index in [9.17, 15) is 18.5 Å². The van der Waals surface area contributed by atoms with Crippen molar-refractivity contribution >= 4 is 15.7 Å². The molecule has 0 aliphatic carbocycles. The maximum atomic E-state index is 12.3. The van der Waals surface area contributed by atoms with Crippen molar-refractivity contribution in [3.63, 3.8) is 0 Å². The highest BCUT2D eigenvalue weighted by Crippen LogP contribution is 2.24. The monoisotopic (exact) mass is 297 g/mol. The Kier molecular flexibility index (Phi) is 3.89. The fourth-order valence-corrected chi connectivity index (χ4v) is 3.48. The standard InChI is InChI=1S/C10H11N5O4S/c11-13-12-8-5-6-14(7-8)20(18,19)10-3-1-9(2-4-10)15(16)17/h1-4,8H,5-7H2. The average molecular weight is 297 g/mol. The Hall–Kier alpha value is -2.16. The maximum absolute atomic E-state index is 12.3. The van der Waals surface area contributed by atoms with Gasteiger partial charge in [0.25, 0.3) is 5.69 Å². The van der Waals surface area contributed by atoms with Gasteiger partial charge in [-0.3, -0.25) is 10.1 Å². The molecule has 1 unspecified atom stereocenters. The smallest absolute Gasteiger partial charge is 0.258 e.